The third-order valence-corrected chi connectivity index (χ3v) is 5.18. The van der Waals surface area contributed by atoms with Gasteiger partial charge in [0.15, 0.2) is 0 Å². The van der Waals surface area contributed by atoms with Gasteiger partial charge in [0.25, 0.3) is 0 Å². The molecule has 0 amide bonds. The van der Waals surface area contributed by atoms with Crippen molar-refractivity contribution in [3.8, 4) is 0 Å². The minimum absolute atomic E-state index is 0.179. The quantitative estimate of drug-likeness (QED) is 0.620. The van der Waals surface area contributed by atoms with Gasteiger partial charge in [0.05, 0.1) is 12.7 Å². The van der Waals surface area contributed by atoms with Crippen LogP contribution in [0.25, 0.3) is 0 Å². The fourth-order valence-electron chi connectivity index (χ4n) is 3.46. The third kappa shape index (κ3) is 7.08. The van der Waals surface area contributed by atoms with Crippen molar-refractivity contribution in [3.63, 3.8) is 0 Å². The molecule has 1 heterocycles. The molecule has 0 saturated heterocycles. The van der Waals surface area contributed by atoms with Crippen LogP contribution in [-0.4, -0.2) is 47.5 Å². The van der Waals surface area contributed by atoms with E-state index in [1.165, 1.54) is 16.8 Å². The number of aromatic nitrogens is 1. The van der Waals surface area contributed by atoms with Gasteiger partial charge in [-0.05, 0) is 35.1 Å². The average Bonchev–Trinajstić information content (AvgIpc) is 3.06. The Hall–Kier alpha value is -1.62. The van der Waals surface area contributed by atoms with Crippen LogP contribution in [0, 0.1) is 0 Å². The predicted octanol–water partition coefficient (Wildman–Crippen LogP) is 4.44. The Morgan fingerprint density at radius 2 is 1.86 bits per heavy atom. The minimum Gasteiger partial charge on any atom is -0.392 e. The first kappa shape index (κ1) is 22.7. The zero-order valence-corrected chi connectivity index (χ0v) is 18.3. The summed E-state index contributed by atoms with van der Waals surface area (Å²) in [4.78, 5) is 2.29. The van der Waals surface area contributed by atoms with Gasteiger partial charge in [0.1, 0.15) is 0 Å². The molecule has 1 N–H and O–H groups in total. The SMILES string of the molecule is CCCC(O)CN(CCOC)Cc1cccn1Cc1ccc(C(C)(C)C)cc1. The molecule has 0 aliphatic carbocycles. The van der Waals surface area contributed by atoms with Crippen molar-refractivity contribution in [2.24, 2.45) is 0 Å². The summed E-state index contributed by atoms with van der Waals surface area (Å²) in [6, 6.07) is 13.2. The van der Waals surface area contributed by atoms with Crippen molar-refractivity contribution in [3.05, 3.63) is 59.4 Å². The maximum absolute atomic E-state index is 10.3. The van der Waals surface area contributed by atoms with Gasteiger partial charge < -0.3 is 14.4 Å². The molecular weight excluding hydrogens is 348 g/mol. The molecule has 4 heteroatoms. The molecular formula is C24H38N2O2. The van der Waals surface area contributed by atoms with Crippen LogP contribution in [0.1, 0.15) is 57.4 Å². The van der Waals surface area contributed by atoms with Gasteiger partial charge >= 0.3 is 0 Å². The standard InChI is InChI=1S/C24H38N2O2/c1-6-8-23(27)19-25(15-16-28-5)18-22-9-7-14-26(22)17-20-10-12-21(13-11-20)24(2,3)4/h7,9-14,23,27H,6,8,15-19H2,1-5H3. The van der Waals surface area contributed by atoms with Gasteiger partial charge in [0, 0.05) is 45.2 Å². The Balaban J connectivity index is 2.06. The van der Waals surface area contributed by atoms with E-state index in [0.717, 1.165) is 32.5 Å². The van der Waals surface area contributed by atoms with Crippen LogP contribution in [-0.2, 0) is 23.2 Å². The molecule has 0 radical (unpaired) electrons. The van der Waals surface area contributed by atoms with E-state index in [0.29, 0.717) is 13.2 Å². The second kappa shape index (κ2) is 10.8. The second-order valence-electron chi connectivity index (χ2n) is 8.74. The average molecular weight is 387 g/mol. The van der Waals surface area contributed by atoms with Gasteiger partial charge in [-0.25, -0.2) is 0 Å². The van der Waals surface area contributed by atoms with E-state index in [4.69, 9.17) is 4.74 Å². The lowest BCUT2D eigenvalue weighted by Gasteiger charge is -2.25. The molecule has 0 aliphatic rings. The molecule has 156 valence electrons. The Morgan fingerprint density at radius 1 is 1.14 bits per heavy atom. The maximum Gasteiger partial charge on any atom is 0.0667 e. The van der Waals surface area contributed by atoms with Crippen LogP contribution in [0.2, 0.25) is 0 Å². The van der Waals surface area contributed by atoms with Crippen LogP contribution in [0.15, 0.2) is 42.6 Å². The maximum atomic E-state index is 10.3. The molecule has 1 aromatic carbocycles. The van der Waals surface area contributed by atoms with Gasteiger partial charge in [-0.15, -0.1) is 0 Å². The van der Waals surface area contributed by atoms with Crippen LogP contribution < -0.4 is 0 Å². The van der Waals surface area contributed by atoms with E-state index < -0.39 is 0 Å². The fourth-order valence-corrected chi connectivity index (χ4v) is 3.46. The number of hydrogen-bond donors (Lipinski definition) is 1. The van der Waals surface area contributed by atoms with E-state index in [1.54, 1.807) is 7.11 Å². The highest BCUT2D eigenvalue weighted by molar-refractivity contribution is 5.28. The van der Waals surface area contributed by atoms with E-state index >= 15 is 0 Å². The highest BCUT2D eigenvalue weighted by Gasteiger charge is 2.15. The Kier molecular flexibility index (Phi) is 8.74. The molecule has 0 saturated carbocycles. The lowest BCUT2D eigenvalue weighted by molar-refractivity contribution is 0.0788. The molecule has 1 unspecified atom stereocenters. The molecule has 2 rings (SSSR count). The van der Waals surface area contributed by atoms with Crippen molar-refractivity contribution in [1.82, 2.24) is 9.47 Å². The molecule has 1 atom stereocenters. The fraction of sp³-hybridized carbons (Fsp3) is 0.583. The largest absolute Gasteiger partial charge is 0.392 e. The molecule has 2 aromatic rings. The molecule has 0 aliphatic heterocycles. The highest BCUT2D eigenvalue weighted by Crippen LogP contribution is 2.22. The molecule has 0 spiro atoms. The van der Waals surface area contributed by atoms with Crippen LogP contribution >= 0.6 is 0 Å². The number of aliphatic hydroxyl groups is 1. The van der Waals surface area contributed by atoms with Crippen molar-refractivity contribution in [2.45, 2.75) is 65.1 Å². The molecule has 28 heavy (non-hydrogen) atoms. The smallest absolute Gasteiger partial charge is 0.0667 e. The van der Waals surface area contributed by atoms with Crippen molar-refractivity contribution < 1.29 is 9.84 Å². The number of nitrogens with zero attached hydrogens (tertiary/aromatic N) is 2. The first-order valence-electron chi connectivity index (χ1n) is 10.5. The predicted molar refractivity (Wildman–Crippen MR) is 117 cm³/mol. The third-order valence-electron chi connectivity index (χ3n) is 5.18. The van der Waals surface area contributed by atoms with Crippen LogP contribution in [0.4, 0.5) is 0 Å². The number of methoxy groups -OCH3 is 1. The van der Waals surface area contributed by atoms with Crippen LogP contribution in [0.3, 0.4) is 0 Å². The van der Waals surface area contributed by atoms with E-state index in [9.17, 15) is 5.11 Å². The normalized spacial score (nSPS) is 13.2. The second-order valence-corrected chi connectivity index (χ2v) is 8.74. The summed E-state index contributed by atoms with van der Waals surface area (Å²) in [5, 5.41) is 10.3. The monoisotopic (exact) mass is 386 g/mol. The minimum atomic E-state index is -0.282. The first-order chi connectivity index (χ1) is 13.3. The number of benzene rings is 1. The Morgan fingerprint density at radius 3 is 2.46 bits per heavy atom. The summed E-state index contributed by atoms with van der Waals surface area (Å²) in [5.74, 6) is 0. The van der Waals surface area contributed by atoms with Gasteiger partial charge in [-0.2, -0.15) is 0 Å². The molecule has 0 fully saturated rings. The van der Waals surface area contributed by atoms with Gasteiger partial charge in [0.2, 0.25) is 0 Å². The Bertz CT molecular complexity index is 685. The van der Waals surface area contributed by atoms with Crippen molar-refractivity contribution in [2.75, 3.05) is 26.8 Å². The van der Waals surface area contributed by atoms with E-state index in [1.807, 2.05) is 0 Å². The number of hydrogen-bond acceptors (Lipinski definition) is 3. The lowest BCUT2D eigenvalue weighted by atomic mass is 9.87. The summed E-state index contributed by atoms with van der Waals surface area (Å²) >= 11 is 0. The summed E-state index contributed by atoms with van der Waals surface area (Å²) in [7, 11) is 1.73. The van der Waals surface area contributed by atoms with Gasteiger partial charge in [-0.3, -0.25) is 4.90 Å². The van der Waals surface area contributed by atoms with E-state index in [-0.39, 0.29) is 11.5 Å². The molecule has 1 aromatic heterocycles. The molecule has 4 nitrogen and oxygen atoms in total. The topological polar surface area (TPSA) is 37.6 Å². The summed E-state index contributed by atoms with van der Waals surface area (Å²) in [5.41, 5.74) is 4.11. The highest BCUT2D eigenvalue weighted by atomic mass is 16.5. The number of ether oxygens (including phenoxy) is 1. The summed E-state index contributed by atoms with van der Waals surface area (Å²) in [6.07, 6.45) is 3.70. The van der Waals surface area contributed by atoms with Crippen LogP contribution in [0.5, 0.6) is 0 Å². The first-order valence-corrected chi connectivity index (χ1v) is 10.5. The van der Waals surface area contributed by atoms with E-state index in [2.05, 4.69) is 79.8 Å². The van der Waals surface area contributed by atoms with Crippen molar-refractivity contribution in [1.29, 1.82) is 0 Å². The summed E-state index contributed by atoms with van der Waals surface area (Å²) < 4.78 is 7.57. The Labute approximate surface area is 171 Å². The van der Waals surface area contributed by atoms with Gasteiger partial charge in [-0.1, -0.05) is 58.4 Å². The van der Waals surface area contributed by atoms with Crippen molar-refractivity contribution >= 4 is 0 Å². The zero-order valence-electron chi connectivity index (χ0n) is 18.3. The zero-order chi connectivity index (χ0) is 20.6. The summed E-state index contributed by atoms with van der Waals surface area (Å²) in [6.45, 7) is 12.7. The number of aliphatic hydroxyl groups excluding tert-OH is 1. The molecule has 0 bridgehead atoms. The lowest BCUT2D eigenvalue weighted by Crippen LogP contribution is -2.35. The number of rotatable bonds is 11.